The molecule has 2 N–H and O–H groups in total. The number of benzene rings is 2. The van der Waals surface area contributed by atoms with Gasteiger partial charge in [0.1, 0.15) is 0 Å². The van der Waals surface area contributed by atoms with Gasteiger partial charge in [0.15, 0.2) is 0 Å². The number of hydrogen-bond acceptors (Lipinski definition) is 2. The van der Waals surface area contributed by atoms with Crippen molar-refractivity contribution in [1.82, 2.24) is 5.32 Å². The molecule has 2 amide bonds. The number of aryl methyl sites for hydroxylation is 2. The van der Waals surface area contributed by atoms with E-state index in [9.17, 15) is 9.59 Å². The molecule has 0 atom stereocenters. The van der Waals surface area contributed by atoms with Crippen molar-refractivity contribution < 1.29 is 9.59 Å². The Morgan fingerprint density at radius 2 is 1.46 bits per heavy atom. The summed E-state index contributed by atoms with van der Waals surface area (Å²) >= 11 is 0. The second kappa shape index (κ2) is 8.65. The molecule has 4 nitrogen and oxygen atoms in total. The van der Waals surface area contributed by atoms with Crippen molar-refractivity contribution in [2.75, 3.05) is 5.32 Å². The van der Waals surface area contributed by atoms with Crippen LogP contribution >= 0.6 is 0 Å². The van der Waals surface area contributed by atoms with Gasteiger partial charge < -0.3 is 10.6 Å². The average molecular weight is 352 g/mol. The molecular weight excluding hydrogens is 324 g/mol. The first-order chi connectivity index (χ1) is 12.3. The Hall–Kier alpha value is -2.62. The van der Waals surface area contributed by atoms with E-state index in [0.29, 0.717) is 24.1 Å². The van der Waals surface area contributed by atoms with Gasteiger partial charge in [-0.05, 0) is 69.0 Å². The molecule has 0 aromatic heterocycles. The first-order valence-electron chi connectivity index (χ1n) is 9.07. The van der Waals surface area contributed by atoms with E-state index in [1.165, 1.54) is 5.56 Å². The maximum absolute atomic E-state index is 12.1. The minimum Gasteiger partial charge on any atom is -0.347 e. The summed E-state index contributed by atoms with van der Waals surface area (Å²) in [6.07, 6.45) is 2.16. The van der Waals surface area contributed by atoms with E-state index in [1.54, 1.807) is 24.3 Å². The van der Waals surface area contributed by atoms with Crippen molar-refractivity contribution in [2.45, 2.75) is 52.5 Å². The maximum atomic E-state index is 12.1. The molecule has 0 fully saturated rings. The molecule has 0 spiro atoms. The van der Waals surface area contributed by atoms with Crippen molar-refractivity contribution in [2.24, 2.45) is 0 Å². The van der Waals surface area contributed by atoms with Crippen molar-refractivity contribution in [3.8, 4) is 0 Å². The van der Waals surface area contributed by atoms with Crippen molar-refractivity contribution >= 4 is 17.5 Å². The number of rotatable bonds is 6. The Bertz CT molecular complexity index is 741. The highest BCUT2D eigenvalue weighted by molar-refractivity contribution is 5.96. The average Bonchev–Trinajstić information content (AvgIpc) is 2.59. The van der Waals surface area contributed by atoms with Crippen LogP contribution in [0.1, 0.15) is 55.6 Å². The lowest BCUT2D eigenvalue weighted by molar-refractivity contribution is -0.116. The number of carbonyl (C=O) groups excluding carboxylic acids is 2. The molecule has 0 aliphatic heterocycles. The predicted octanol–water partition coefficient (Wildman–Crippen LogP) is 4.35. The molecule has 138 valence electrons. The van der Waals surface area contributed by atoms with Gasteiger partial charge in [-0.1, -0.05) is 31.2 Å². The first-order valence-corrected chi connectivity index (χ1v) is 9.07. The van der Waals surface area contributed by atoms with Crippen LogP contribution in [0, 0.1) is 0 Å². The fraction of sp³-hybridized carbons (Fsp3) is 0.364. The van der Waals surface area contributed by atoms with E-state index >= 15 is 0 Å². The smallest absolute Gasteiger partial charge is 0.251 e. The van der Waals surface area contributed by atoms with E-state index in [2.05, 4.69) is 41.8 Å². The molecule has 0 bridgehead atoms. The van der Waals surface area contributed by atoms with Gasteiger partial charge in [-0.2, -0.15) is 0 Å². The summed E-state index contributed by atoms with van der Waals surface area (Å²) in [6.45, 7) is 7.94. The van der Waals surface area contributed by atoms with Gasteiger partial charge >= 0.3 is 0 Å². The monoisotopic (exact) mass is 352 g/mol. The normalized spacial score (nSPS) is 11.1. The highest BCUT2D eigenvalue weighted by Crippen LogP contribution is 2.13. The summed E-state index contributed by atoms with van der Waals surface area (Å²) in [6, 6.07) is 15.3. The van der Waals surface area contributed by atoms with Gasteiger partial charge in [-0.25, -0.2) is 0 Å². The Labute approximate surface area is 156 Å². The van der Waals surface area contributed by atoms with Gasteiger partial charge in [0.25, 0.3) is 5.91 Å². The predicted molar refractivity (Wildman–Crippen MR) is 106 cm³/mol. The molecule has 0 aliphatic rings. The van der Waals surface area contributed by atoms with E-state index in [4.69, 9.17) is 0 Å². The molecule has 0 saturated heterocycles. The minimum atomic E-state index is -0.278. The molecule has 0 aliphatic carbocycles. The van der Waals surface area contributed by atoms with E-state index in [1.807, 2.05) is 20.8 Å². The highest BCUT2D eigenvalue weighted by atomic mass is 16.2. The molecule has 26 heavy (non-hydrogen) atoms. The highest BCUT2D eigenvalue weighted by Gasteiger charge is 2.15. The van der Waals surface area contributed by atoms with Crippen LogP contribution < -0.4 is 10.6 Å². The summed E-state index contributed by atoms with van der Waals surface area (Å²) in [5.41, 5.74) is 3.46. The summed E-state index contributed by atoms with van der Waals surface area (Å²) in [5.74, 6) is -0.151. The van der Waals surface area contributed by atoms with Gasteiger partial charge in [0.2, 0.25) is 5.91 Å². The molecule has 0 radical (unpaired) electrons. The van der Waals surface area contributed by atoms with Crippen LogP contribution in [0.2, 0.25) is 0 Å². The van der Waals surface area contributed by atoms with E-state index in [-0.39, 0.29) is 17.4 Å². The Morgan fingerprint density at radius 1 is 0.885 bits per heavy atom. The third kappa shape index (κ3) is 6.36. The Balaban J connectivity index is 1.85. The van der Waals surface area contributed by atoms with Crippen molar-refractivity contribution in [3.63, 3.8) is 0 Å². The van der Waals surface area contributed by atoms with E-state index < -0.39 is 0 Å². The second-order valence-corrected chi connectivity index (χ2v) is 7.50. The van der Waals surface area contributed by atoms with E-state index in [0.717, 1.165) is 12.0 Å². The summed E-state index contributed by atoms with van der Waals surface area (Å²) in [4.78, 5) is 24.2. The fourth-order valence-corrected chi connectivity index (χ4v) is 2.54. The Kier molecular flexibility index (Phi) is 6.56. The summed E-state index contributed by atoms with van der Waals surface area (Å²) < 4.78 is 0. The zero-order chi connectivity index (χ0) is 19.2. The summed E-state index contributed by atoms with van der Waals surface area (Å²) in [7, 11) is 0. The first kappa shape index (κ1) is 19.7. The standard InChI is InChI=1S/C22H28N2O2/c1-5-16-6-8-17(9-7-16)10-15-20(25)23-19-13-11-18(12-14-19)21(26)24-22(2,3)4/h6-9,11-14H,5,10,15H2,1-4H3,(H,23,25)(H,24,26). The number of anilines is 1. The number of carbonyl (C=O) groups is 2. The molecule has 0 unspecified atom stereocenters. The van der Waals surface area contributed by atoms with Crippen LogP contribution in [0.15, 0.2) is 48.5 Å². The van der Waals surface area contributed by atoms with Crippen LogP contribution in [0.5, 0.6) is 0 Å². The third-order valence-electron chi connectivity index (χ3n) is 3.99. The number of hydrogen-bond donors (Lipinski definition) is 2. The molecule has 4 heteroatoms. The van der Waals surface area contributed by atoms with Crippen molar-refractivity contribution in [1.29, 1.82) is 0 Å². The lowest BCUT2D eigenvalue weighted by atomic mass is 10.1. The molecular formula is C22H28N2O2. The van der Waals surface area contributed by atoms with Gasteiger partial charge in [0.05, 0.1) is 0 Å². The topological polar surface area (TPSA) is 58.2 Å². The number of amides is 2. The lowest BCUT2D eigenvalue weighted by Gasteiger charge is -2.20. The largest absolute Gasteiger partial charge is 0.347 e. The quantitative estimate of drug-likeness (QED) is 0.812. The van der Waals surface area contributed by atoms with Crippen LogP contribution in [0.3, 0.4) is 0 Å². The molecule has 0 heterocycles. The second-order valence-electron chi connectivity index (χ2n) is 7.50. The van der Waals surface area contributed by atoms with Gasteiger partial charge in [-0.3, -0.25) is 9.59 Å². The zero-order valence-electron chi connectivity index (χ0n) is 16.1. The molecule has 2 aromatic rings. The SMILES string of the molecule is CCc1ccc(CCC(=O)Nc2ccc(C(=O)NC(C)(C)C)cc2)cc1. The van der Waals surface area contributed by atoms with Crippen LogP contribution in [0.4, 0.5) is 5.69 Å². The van der Waals surface area contributed by atoms with Crippen LogP contribution in [0.25, 0.3) is 0 Å². The van der Waals surface area contributed by atoms with Crippen LogP contribution in [-0.4, -0.2) is 17.4 Å². The molecule has 2 rings (SSSR count). The molecule has 2 aromatic carbocycles. The molecule has 0 saturated carbocycles. The van der Waals surface area contributed by atoms with Gasteiger partial charge in [-0.15, -0.1) is 0 Å². The fourth-order valence-electron chi connectivity index (χ4n) is 2.54. The van der Waals surface area contributed by atoms with Gasteiger partial charge in [0, 0.05) is 23.2 Å². The third-order valence-corrected chi connectivity index (χ3v) is 3.99. The number of nitrogens with one attached hydrogen (secondary N) is 2. The van der Waals surface area contributed by atoms with Crippen molar-refractivity contribution in [3.05, 3.63) is 65.2 Å². The summed E-state index contributed by atoms with van der Waals surface area (Å²) in [5, 5.41) is 5.79. The lowest BCUT2D eigenvalue weighted by Crippen LogP contribution is -2.40. The Morgan fingerprint density at radius 3 is 2.00 bits per heavy atom. The van der Waals surface area contributed by atoms with Crippen LogP contribution in [-0.2, 0) is 17.6 Å². The zero-order valence-corrected chi connectivity index (χ0v) is 16.1. The maximum Gasteiger partial charge on any atom is 0.251 e. The minimum absolute atomic E-state index is 0.0311.